The number of carbonyl (C=O) groups excluding carboxylic acids is 1. The van der Waals surface area contributed by atoms with E-state index in [4.69, 9.17) is 9.47 Å². The van der Waals surface area contributed by atoms with Crippen LogP contribution in [0.15, 0.2) is 47.3 Å². The number of benzene rings is 2. The molecule has 0 fully saturated rings. The molecular weight excluding hydrogens is 368 g/mol. The van der Waals surface area contributed by atoms with Crippen LogP contribution in [0, 0.1) is 6.92 Å². The summed E-state index contributed by atoms with van der Waals surface area (Å²) in [4.78, 5) is 27.3. The molecule has 0 spiro atoms. The molecular formula is C23H24N2O4. The van der Waals surface area contributed by atoms with Gasteiger partial charge < -0.3 is 19.8 Å². The molecule has 0 bridgehead atoms. The third kappa shape index (κ3) is 4.59. The van der Waals surface area contributed by atoms with Gasteiger partial charge in [-0.2, -0.15) is 0 Å². The number of fused-ring (bicyclic) bond motifs is 2. The van der Waals surface area contributed by atoms with Crippen LogP contribution in [0.2, 0.25) is 0 Å². The molecule has 2 heterocycles. The minimum absolute atomic E-state index is 0.0636. The third-order valence-electron chi connectivity index (χ3n) is 5.03. The van der Waals surface area contributed by atoms with E-state index < -0.39 is 0 Å². The van der Waals surface area contributed by atoms with E-state index in [0.29, 0.717) is 25.2 Å². The maximum absolute atomic E-state index is 12.2. The van der Waals surface area contributed by atoms with Gasteiger partial charge in [0.2, 0.25) is 5.91 Å². The largest absolute Gasteiger partial charge is 0.486 e. The standard InChI is InChI=1S/C23H24N2O4/c1-15-5-7-19-17(11-15)13-18(23(27)25-19)14-24-22(26)4-2-3-16-6-8-20-21(12-16)29-10-9-28-20/h5-8,11-13H,2-4,9-10,14H2,1H3,(H,24,26)(H,25,27). The van der Waals surface area contributed by atoms with Crippen LogP contribution in [0.3, 0.4) is 0 Å². The molecule has 1 aromatic heterocycles. The van der Waals surface area contributed by atoms with Gasteiger partial charge in [-0.15, -0.1) is 0 Å². The number of aromatic amines is 1. The number of ether oxygens (including phenoxy) is 2. The monoisotopic (exact) mass is 392 g/mol. The van der Waals surface area contributed by atoms with Gasteiger partial charge in [-0.3, -0.25) is 9.59 Å². The van der Waals surface area contributed by atoms with Crippen LogP contribution in [0.4, 0.5) is 0 Å². The number of aromatic nitrogens is 1. The molecule has 150 valence electrons. The predicted octanol–water partition coefficient (Wildman–Crippen LogP) is 3.25. The summed E-state index contributed by atoms with van der Waals surface area (Å²) < 4.78 is 11.1. The number of rotatable bonds is 6. The van der Waals surface area contributed by atoms with E-state index in [1.165, 1.54) is 0 Å². The predicted molar refractivity (Wildman–Crippen MR) is 112 cm³/mol. The summed E-state index contributed by atoms with van der Waals surface area (Å²) in [5.41, 5.74) is 3.43. The van der Waals surface area contributed by atoms with Crippen LogP contribution >= 0.6 is 0 Å². The minimum Gasteiger partial charge on any atom is -0.486 e. The number of pyridine rings is 1. The lowest BCUT2D eigenvalue weighted by Crippen LogP contribution is -2.26. The van der Waals surface area contributed by atoms with Gasteiger partial charge in [0.1, 0.15) is 13.2 Å². The van der Waals surface area contributed by atoms with Crippen molar-refractivity contribution in [1.82, 2.24) is 10.3 Å². The summed E-state index contributed by atoms with van der Waals surface area (Å²) in [7, 11) is 0. The highest BCUT2D eigenvalue weighted by Crippen LogP contribution is 2.31. The zero-order valence-corrected chi connectivity index (χ0v) is 16.4. The van der Waals surface area contributed by atoms with Crippen molar-refractivity contribution in [1.29, 1.82) is 0 Å². The lowest BCUT2D eigenvalue weighted by atomic mass is 10.1. The molecule has 0 radical (unpaired) electrons. The normalized spacial score (nSPS) is 12.7. The molecule has 0 saturated heterocycles. The van der Waals surface area contributed by atoms with E-state index in [1.807, 2.05) is 49.4 Å². The molecule has 2 aromatic carbocycles. The van der Waals surface area contributed by atoms with E-state index in [-0.39, 0.29) is 18.0 Å². The highest BCUT2D eigenvalue weighted by molar-refractivity contribution is 5.80. The molecule has 1 aliphatic heterocycles. The second-order valence-electron chi connectivity index (χ2n) is 7.32. The fourth-order valence-corrected chi connectivity index (χ4v) is 3.48. The molecule has 6 nitrogen and oxygen atoms in total. The molecule has 0 saturated carbocycles. The van der Waals surface area contributed by atoms with Crippen LogP contribution in [0.1, 0.15) is 29.5 Å². The van der Waals surface area contributed by atoms with Crippen molar-refractivity contribution in [3.63, 3.8) is 0 Å². The highest BCUT2D eigenvalue weighted by atomic mass is 16.6. The van der Waals surface area contributed by atoms with E-state index >= 15 is 0 Å². The van der Waals surface area contributed by atoms with Gasteiger partial charge in [0.25, 0.3) is 5.56 Å². The Morgan fingerprint density at radius 2 is 1.90 bits per heavy atom. The Labute approximate surface area is 168 Å². The van der Waals surface area contributed by atoms with Crippen molar-refractivity contribution in [3.8, 4) is 11.5 Å². The van der Waals surface area contributed by atoms with E-state index in [2.05, 4.69) is 10.3 Å². The Morgan fingerprint density at radius 3 is 2.76 bits per heavy atom. The van der Waals surface area contributed by atoms with Crippen molar-refractivity contribution >= 4 is 16.8 Å². The van der Waals surface area contributed by atoms with Crippen LogP contribution in [-0.4, -0.2) is 24.1 Å². The summed E-state index contributed by atoms with van der Waals surface area (Å²) in [5, 5.41) is 3.82. The van der Waals surface area contributed by atoms with Crippen molar-refractivity contribution in [2.45, 2.75) is 32.7 Å². The van der Waals surface area contributed by atoms with Gasteiger partial charge in [-0.1, -0.05) is 17.7 Å². The Balaban J connectivity index is 1.30. The summed E-state index contributed by atoms with van der Waals surface area (Å²) in [6.45, 7) is 3.37. The molecule has 0 atom stereocenters. The van der Waals surface area contributed by atoms with Crippen molar-refractivity contribution < 1.29 is 14.3 Å². The van der Waals surface area contributed by atoms with Gasteiger partial charge in [0.15, 0.2) is 11.5 Å². The molecule has 1 amide bonds. The summed E-state index contributed by atoms with van der Waals surface area (Å²) in [6.07, 6.45) is 1.90. The zero-order valence-electron chi connectivity index (χ0n) is 16.4. The average molecular weight is 392 g/mol. The van der Waals surface area contributed by atoms with Gasteiger partial charge in [0, 0.05) is 24.0 Å². The van der Waals surface area contributed by atoms with E-state index in [1.54, 1.807) is 0 Å². The van der Waals surface area contributed by atoms with Crippen LogP contribution < -0.4 is 20.3 Å². The first-order valence-electron chi connectivity index (χ1n) is 9.86. The molecule has 0 unspecified atom stereocenters. The van der Waals surface area contributed by atoms with Crippen molar-refractivity contribution in [2.24, 2.45) is 0 Å². The summed E-state index contributed by atoms with van der Waals surface area (Å²) >= 11 is 0. The Morgan fingerprint density at radius 1 is 1.07 bits per heavy atom. The molecule has 6 heteroatoms. The number of nitrogens with one attached hydrogen (secondary N) is 2. The van der Waals surface area contributed by atoms with Crippen LogP contribution in [0.25, 0.3) is 10.9 Å². The average Bonchev–Trinajstić information content (AvgIpc) is 2.72. The first-order valence-corrected chi connectivity index (χ1v) is 9.86. The molecule has 2 N–H and O–H groups in total. The number of hydrogen-bond donors (Lipinski definition) is 2. The first kappa shape index (κ1) is 19.1. The second kappa shape index (κ2) is 8.39. The van der Waals surface area contributed by atoms with Crippen LogP contribution in [0.5, 0.6) is 11.5 Å². The van der Waals surface area contributed by atoms with Gasteiger partial charge in [-0.05, 0) is 61.0 Å². The van der Waals surface area contributed by atoms with Crippen molar-refractivity contribution in [2.75, 3.05) is 13.2 Å². The maximum atomic E-state index is 12.2. The lowest BCUT2D eigenvalue weighted by Gasteiger charge is -2.18. The maximum Gasteiger partial charge on any atom is 0.253 e. The summed E-state index contributed by atoms with van der Waals surface area (Å²) in [6, 6.07) is 13.6. The van der Waals surface area contributed by atoms with Crippen LogP contribution in [-0.2, 0) is 17.8 Å². The number of H-pyrrole nitrogens is 1. The minimum atomic E-state index is -0.169. The van der Waals surface area contributed by atoms with E-state index in [0.717, 1.165) is 46.4 Å². The smallest absolute Gasteiger partial charge is 0.253 e. The van der Waals surface area contributed by atoms with Gasteiger partial charge in [-0.25, -0.2) is 0 Å². The first-order chi connectivity index (χ1) is 14.1. The number of hydrogen-bond acceptors (Lipinski definition) is 4. The molecule has 0 aliphatic carbocycles. The Kier molecular flexibility index (Phi) is 5.51. The molecule has 1 aliphatic rings. The number of aryl methyl sites for hydroxylation is 2. The Bertz CT molecular complexity index is 1100. The molecule has 3 aromatic rings. The SMILES string of the molecule is Cc1ccc2[nH]c(=O)c(CNC(=O)CCCc3ccc4c(c3)OCCO4)cc2c1. The third-order valence-corrected chi connectivity index (χ3v) is 5.03. The quantitative estimate of drug-likeness (QED) is 0.675. The topological polar surface area (TPSA) is 80.4 Å². The zero-order chi connectivity index (χ0) is 20.2. The molecule has 4 rings (SSSR count). The fraction of sp³-hybridized carbons (Fsp3) is 0.304. The Hall–Kier alpha value is -3.28. The number of carbonyl (C=O) groups is 1. The highest BCUT2D eigenvalue weighted by Gasteiger charge is 2.12. The summed E-state index contributed by atoms with van der Waals surface area (Å²) in [5.74, 6) is 1.48. The molecule has 29 heavy (non-hydrogen) atoms. The van der Waals surface area contributed by atoms with Gasteiger partial charge >= 0.3 is 0 Å². The number of amides is 1. The van der Waals surface area contributed by atoms with Crippen molar-refractivity contribution in [3.05, 3.63) is 69.5 Å². The second-order valence-corrected chi connectivity index (χ2v) is 7.32. The van der Waals surface area contributed by atoms with Gasteiger partial charge in [0.05, 0.1) is 0 Å². The lowest BCUT2D eigenvalue weighted by molar-refractivity contribution is -0.121. The van der Waals surface area contributed by atoms with E-state index in [9.17, 15) is 9.59 Å². The fourth-order valence-electron chi connectivity index (χ4n) is 3.48.